The first-order chi connectivity index (χ1) is 8.54. The molecule has 0 saturated carbocycles. The molecule has 0 aliphatic rings. The van der Waals surface area contributed by atoms with Crippen molar-refractivity contribution in [2.75, 3.05) is 0 Å². The molecule has 1 aromatic carbocycles. The van der Waals surface area contributed by atoms with Gasteiger partial charge in [0.05, 0.1) is 10.7 Å². The number of carbonyl (C=O) groups is 1. The second kappa shape index (κ2) is 5.71. The molecule has 0 N–H and O–H groups in total. The standard InChI is InChI=1S/C13H11BrFNOS/c1-8-16-11(7-18-8)6-12(17)5-9-4-10(15)2-3-13(9)14/h2-4,7H,5-6H2,1H3. The Kier molecular flexibility index (Phi) is 4.24. The number of ketones is 1. The zero-order chi connectivity index (χ0) is 13.1. The third-order valence-corrected chi connectivity index (χ3v) is 4.04. The quantitative estimate of drug-likeness (QED) is 0.856. The van der Waals surface area contributed by atoms with Gasteiger partial charge in [-0.2, -0.15) is 0 Å². The van der Waals surface area contributed by atoms with E-state index in [-0.39, 0.29) is 18.0 Å². The lowest BCUT2D eigenvalue weighted by molar-refractivity contribution is -0.117. The number of rotatable bonds is 4. The molecule has 0 spiro atoms. The summed E-state index contributed by atoms with van der Waals surface area (Å²) in [6.07, 6.45) is 0.516. The number of hydrogen-bond acceptors (Lipinski definition) is 3. The molecule has 0 unspecified atom stereocenters. The normalized spacial score (nSPS) is 10.6. The molecule has 0 fully saturated rings. The van der Waals surface area contributed by atoms with Gasteiger partial charge in [-0.3, -0.25) is 4.79 Å². The van der Waals surface area contributed by atoms with Crippen molar-refractivity contribution < 1.29 is 9.18 Å². The highest BCUT2D eigenvalue weighted by Gasteiger charge is 2.10. The third kappa shape index (κ3) is 3.46. The summed E-state index contributed by atoms with van der Waals surface area (Å²) >= 11 is 4.84. The number of thiazole rings is 1. The Morgan fingerprint density at radius 1 is 1.44 bits per heavy atom. The van der Waals surface area contributed by atoms with E-state index in [0.717, 1.165) is 15.2 Å². The molecule has 1 aromatic heterocycles. The molecular formula is C13H11BrFNOS. The van der Waals surface area contributed by atoms with Crippen molar-refractivity contribution in [3.05, 3.63) is 50.1 Å². The molecular weight excluding hydrogens is 317 g/mol. The fourth-order valence-electron chi connectivity index (χ4n) is 1.65. The maximum Gasteiger partial charge on any atom is 0.143 e. The summed E-state index contributed by atoms with van der Waals surface area (Å²) in [5.74, 6) is -0.294. The van der Waals surface area contributed by atoms with Gasteiger partial charge in [-0.25, -0.2) is 9.37 Å². The number of aryl methyl sites for hydroxylation is 1. The van der Waals surface area contributed by atoms with E-state index in [9.17, 15) is 9.18 Å². The summed E-state index contributed by atoms with van der Waals surface area (Å²) in [5.41, 5.74) is 1.46. The Labute approximate surface area is 117 Å². The summed E-state index contributed by atoms with van der Waals surface area (Å²) in [5, 5.41) is 2.83. The van der Waals surface area contributed by atoms with Crippen molar-refractivity contribution in [2.24, 2.45) is 0 Å². The first-order valence-electron chi connectivity index (χ1n) is 5.41. The van der Waals surface area contributed by atoms with Crippen LogP contribution in [-0.2, 0) is 17.6 Å². The third-order valence-electron chi connectivity index (χ3n) is 2.44. The number of Topliss-reactive ketones (excluding diaryl/α,β-unsaturated/α-hetero) is 1. The van der Waals surface area contributed by atoms with Gasteiger partial charge in [0, 0.05) is 22.7 Å². The first-order valence-corrected chi connectivity index (χ1v) is 7.08. The van der Waals surface area contributed by atoms with Gasteiger partial charge in [-0.1, -0.05) is 15.9 Å². The highest BCUT2D eigenvalue weighted by Crippen LogP contribution is 2.19. The molecule has 2 rings (SSSR count). The van der Waals surface area contributed by atoms with E-state index < -0.39 is 0 Å². The van der Waals surface area contributed by atoms with E-state index in [1.165, 1.54) is 23.5 Å². The summed E-state index contributed by atoms with van der Waals surface area (Å²) in [7, 11) is 0. The van der Waals surface area contributed by atoms with Gasteiger partial charge in [0.25, 0.3) is 0 Å². The second-order valence-corrected chi connectivity index (χ2v) is 5.90. The number of carbonyl (C=O) groups excluding carboxylic acids is 1. The minimum Gasteiger partial charge on any atom is -0.299 e. The Morgan fingerprint density at radius 3 is 2.89 bits per heavy atom. The molecule has 0 atom stereocenters. The highest BCUT2D eigenvalue weighted by atomic mass is 79.9. The number of benzene rings is 1. The van der Waals surface area contributed by atoms with Gasteiger partial charge in [0.1, 0.15) is 11.6 Å². The predicted molar refractivity (Wildman–Crippen MR) is 73.4 cm³/mol. The molecule has 18 heavy (non-hydrogen) atoms. The highest BCUT2D eigenvalue weighted by molar-refractivity contribution is 9.10. The molecule has 0 bridgehead atoms. The summed E-state index contributed by atoms with van der Waals surface area (Å²) in [6, 6.07) is 4.36. The van der Waals surface area contributed by atoms with E-state index in [1.54, 1.807) is 6.07 Å². The lowest BCUT2D eigenvalue weighted by Gasteiger charge is -2.03. The van der Waals surface area contributed by atoms with E-state index in [4.69, 9.17) is 0 Å². The number of halogens is 2. The molecule has 0 radical (unpaired) electrons. The molecule has 0 aliphatic heterocycles. The summed E-state index contributed by atoms with van der Waals surface area (Å²) < 4.78 is 13.8. The average molecular weight is 328 g/mol. The number of hydrogen-bond donors (Lipinski definition) is 0. The Bertz CT molecular complexity index is 582. The first kappa shape index (κ1) is 13.4. The van der Waals surface area contributed by atoms with Crippen molar-refractivity contribution in [1.29, 1.82) is 0 Å². The molecule has 0 saturated heterocycles. The SMILES string of the molecule is Cc1nc(CC(=O)Cc2cc(F)ccc2Br)cs1. The Balaban J connectivity index is 2.05. The summed E-state index contributed by atoms with van der Waals surface area (Å²) in [6.45, 7) is 1.90. The van der Waals surface area contributed by atoms with Crippen LogP contribution in [0.1, 0.15) is 16.3 Å². The van der Waals surface area contributed by atoms with Crippen LogP contribution >= 0.6 is 27.3 Å². The smallest absolute Gasteiger partial charge is 0.143 e. The van der Waals surface area contributed by atoms with Gasteiger partial charge in [0.2, 0.25) is 0 Å². The molecule has 0 aliphatic carbocycles. The van der Waals surface area contributed by atoms with Crippen LogP contribution < -0.4 is 0 Å². The minimum atomic E-state index is -0.328. The van der Waals surface area contributed by atoms with Crippen LogP contribution in [0.25, 0.3) is 0 Å². The van der Waals surface area contributed by atoms with E-state index in [2.05, 4.69) is 20.9 Å². The van der Waals surface area contributed by atoms with Crippen LogP contribution in [0.3, 0.4) is 0 Å². The van der Waals surface area contributed by atoms with E-state index >= 15 is 0 Å². The van der Waals surface area contributed by atoms with Gasteiger partial charge < -0.3 is 0 Å². The van der Waals surface area contributed by atoms with E-state index in [0.29, 0.717) is 12.0 Å². The van der Waals surface area contributed by atoms with Crippen LogP contribution in [0.15, 0.2) is 28.1 Å². The van der Waals surface area contributed by atoms with Crippen LogP contribution in [0.4, 0.5) is 4.39 Å². The largest absolute Gasteiger partial charge is 0.299 e. The van der Waals surface area contributed by atoms with Gasteiger partial charge in [-0.05, 0) is 30.7 Å². The lowest BCUT2D eigenvalue weighted by Crippen LogP contribution is -2.07. The number of aromatic nitrogens is 1. The Morgan fingerprint density at radius 2 is 2.22 bits per heavy atom. The lowest BCUT2D eigenvalue weighted by atomic mass is 10.1. The average Bonchev–Trinajstić information content (AvgIpc) is 2.69. The zero-order valence-corrected chi connectivity index (χ0v) is 12.1. The van der Waals surface area contributed by atoms with Crippen molar-refractivity contribution in [2.45, 2.75) is 19.8 Å². The van der Waals surface area contributed by atoms with Crippen molar-refractivity contribution in [3.63, 3.8) is 0 Å². The van der Waals surface area contributed by atoms with Crippen LogP contribution in [0.2, 0.25) is 0 Å². The van der Waals surface area contributed by atoms with E-state index in [1.807, 2.05) is 12.3 Å². The predicted octanol–water partition coefficient (Wildman–Crippen LogP) is 3.71. The fraction of sp³-hybridized carbons (Fsp3) is 0.231. The zero-order valence-electron chi connectivity index (χ0n) is 9.74. The molecule has 0 amide bonds. The van der Waals surface area contributed by atoms with Gasteiger partial charge in [-0.15, -0.1) is 11.3 Å². The second-order valence-electron chi connectivity index (χ2n) is 3.99. The van der Waals surface area contributed by atoms with Gasteiger partial charge >= 0.3 is 0 Å². The van der Waals surface area contributed by atoms with Crippen LogP contribution in [-0.4, -0.2) is 10.8 Å². The molecule has 2 aromatic rings. The maximum atomic E-state index is 13.1. The minimum absolute atomic E-state index is 0.0339. The summed E-state index contributed by atoms with van der Waals surface area (Å²) in [4.78, 5) is 16.1. The van der Waals surface area contributed by atoms with Crippen molar-refractivity contribution in [3.8, 4) is 0 Å². The van der Waals surface area contributed by atoms with Gasteiger partial charge in [0.15, 0.2) is 0 Å². The fourth-order valence-corrected chi connectivity index (χ4v) is 2.64. The van der Waals surface area contributed by atoms with Crippen molar-refractivity contribution in [1.82, 2.24) is 4.98 Å². The topological polar surface area (TPSA) is 30.0 Å². The molecule has 1 heterocycles. The molecule has 94 valence electrons. The number of nitrogens with zero attached hydrogens (tertiary/aromatic N) is 1. The van der Waals surface area contributed by atoms with Crippen molar-refractivity contribution >= 4 is 33.0 Å². The van der Waals surface area contributed by atoms with Crippen LogP contribution in [0, 0.1) is 12.7 Å². The Hall–Kier alpha value is -1.07. The van der Waals surface area contributed by atoms with Crippen LogP contribution in [0.5, 0.6) is 0 Å². The maximum absolute atomic E-state index is 13.1. The molecule has 5 heteroatoms. The molecule has 2 nitrogen and oxygen atoms in total. The monoisotopic (exact) mass is 327 g/mol.